The number of nitrogens with zero attached hydrogens (tertiary/aromatic N) is 4. The van der Waals surface area contributed by atoms with E-state index in [9.17, 15) is 19.2 Å². The summed E-state index contributed by atoms with van der Waals surface area (Å²) in [5.74, 6) is -0.889. The van der Waals surface area contributed by atoms with Crippen molar-refractivity contribution in [2.75, 3.05) is 26.8 Å². The number of piperidine rings is 1. The number of carbonyl (C=O) groups excluding carboxylic acids is 2. The number of likely N-dealkylation sites (tertiary alicyclic amines) is 1. The number of methoxy groups -OCH3 is 1. The van der Waals surface area contributed by atoms with Gasteiger partial charge in [-0.3, -0.25) is 19.0 Å². The molecule has 0 N–H and O–H groups in total. The summed E-state index contributed by atoms with van der Waals surface area (Å²) in [4.78, 5) is 54.2. The highest BCUT2D eigenvalue weighted by atomic mass is 16.5. The van der Waals surface area contributed by atoms with Gasteiger partial charge < -0.3 is 14.4 Å². The Kier molecular flexibility index (Phi) is 7.86. The normalized spacial score (nSPS) is 15.3. The van der Waals surface area contributed by atoms with Crippen LogP contribution in [0.1, 0.15) is 41.4 Å². The molecule has 1 fully saturated rings. The molecule has 0 aliphatic carbocycles. The molecule has 2 aromatic carbocycles. The van der Waals surface area contributed by atoms with Crippen molar-refractivity contribution in [2.45, 2.75) is 33.2 Å². The van der Waals surface area contributed by atoms with E-state index in [2.05, 4.69) is 5.10 Å². The maximum Gasteiger partial charge on any atom is 0.352 e. The van der Waals surface area contributed by atoms with Gasteiger partial charge in [-0.15, -0.1) is 0 Å². The number of aryl methyl sites for hydroxylation is 1. The van der Waals surface area contributed by atoms with Gasteiger partial charge >= 0.3 is 11.7 Å². The van der Waals surface area contributed by atoms with Crippen molar-refractivity contribution in [1.29, 1.82) is 0 Å². The van der Waals surface area contributed by atoms with Crippen LogP contribution in [0.3, 0.4) is 0 Å². The molecule has 1 aromatic heterocycles. The zero-order valence-corrected chi connectivity index (χ0v) is 21.2. The van der Waals surface area contributed by atoms with E-state index in [-0.39, 0.29) is 31.4 Å². The van der Waals surface area contributed by atoms with Gasteiger partial charge in [0, 0.05) is 13.1 Å². The highest BCUT2D eigenvalue weighted by Crippen LogP contribution is 2.19. The van der Waals surface area contributed by atoms with E-state index in [1.807, 2.05) is 19.1 Å². The first-order valence-corrected chi connectivity index (χ1v) is 12.2. The minimum Gasteiger partial charge on any atom is -0.497 e. The highest BCUT2D eigenvalue weighted by molar-refractivity contribution is 5.92. The van der Waals surface area contributed by atoms with E-state index >= 15 is 0 Å². The van der Waals surface area contributed by atoms with E-state index in [0.717, 1.165) is 14.8 Å². The predicted molar refractivity (Wildman–Crippen MR) is 136 cm³/mol. The second kappa shape index (κ2) is 11.2. The van der Waals surface area contributed by atoms with Gasteiger partial charge in [0.1, 0.15) is 5.75 Å². The molecule has 10 heteroatoms. The minimum absolute atomic E-state index is 0.0744. The molecular formula is C27H30N4O6. The predicted octanol–water partition coefficient (Wildman–Crippen LogP) is 2.17. The fourth-order valence-corrected chi connectivity index (χ4v) is 4.36. The molecule has 1 aliphatic heterocycles. The SMILES string of the molecule is CCOC(=O)[C@H]1CCCN(C(=O)c2nn(-c3ccc(C)cc3)c(=O)n(Cc3cccc(OC)c3)c2=O)C1. The summed E-state index contributed by atoms with van der Waals surface area (Å²) < 4.78 is 12.5. The molecule has 0 spiro atoms. The van der Waals surface area contributed by atoms with Gasteiger partial charge in [0.2, 0.25) is 5.69 Å². The third-order valence-corrected chi connectivity index (χ3v) is 6.34. The second-order valence-corrected chi connectivity index (χ2v) is 8.96. The van der Waals surface area contributed by atoms with E-state index in [1.165, 1.54) is 12.0 Å². The monoisotopic (exact) mass is 506 g/mol. The van der Waals surface area contributed by atoms with E-state index in [0.29, 0.717) is 36.4 Å². The Morgan fingerprint density at radius 3 is 2.57 bits per heavy atom. The molecule has 1 atom stereocenters. The third kappa shape index (κ3) is 5.63. The van der Waals surface area contributed by atoms with Crippen LogP contribution in [0.5, 0.6) is 5.75 Å². The van der Waals surface area contributed by atoms with Crippen LogP contribution >= 0.6 is 0 Å². The number of ether oxygens (including phenoxy) is 2. The van der Waals surface area contributed by atoms with Crippen LogP contribution in [0.15, 0.2) is 58.1 Å². The van der Waals surface area contributed by atoms with E-state index in [1.54, 1.807) is 43.3 Å². The second-order valence-electron chi connectivity index (χ2n) is 8.96. The molecule has 194 valence electrons. The Bertz CT molecular complexity index is 1410. The standard InChI is InChI=1S/C27H30N4O6/c1-4-37-26(34)20-8-6-14-29(17-20)24(32)23-25(33)30(16-19-7-5-9-22(15-19)36-3)27(35)31(28-23)21-12-10-18(2)11-13-21/h5,7,9-13,15,20H,4,6,8,14,16-17H2,1-3H3/t20-/m0/s1. The number of hydrogen-bond acceptors (Lipinski definition) is 7. The molecule has 0 unspecified atom stereocenters. The lowest BCUT2D eigenvalue weighted by Crippen LogP contribution is -2.49. The van der Waals surface area contributed by atoms with Crippen molar-refractivity contribution in [3.05, 3.63) is 86.2 Å². The van der Waals surface area contributed by atoms with Gasteiger partial charge in [0.15, 0.2) is 0 Å². The molecule has 2 heterocycles. The van der Waals surface area contributed by atoms with Gasteiger partial charge in [-0.05, 0) is 56.5 Å². The quantitative estimate of drug-likeness (QED) is 0.452. The Labute approximate surface area is 214 Å². The first kappa shape index (κ1) is 25.9. The largest absolute Gasteiger partial charge is 0.497 e. The van der Waals surface area contributed by atoms with Crippen molar-refractivity contribution in [1.82, 2.24) is 19.2 Å². The van der Waals surface area contributed by atoms with Crippen molar-refractivity contribution >= 4 is 11.9 Å². The average molecular weight is 507 g/mol. The van der Waals surface area contributed by atoms with Gasteiger partial charge in [-0.2, -0.15) is 9.78 Å². The van der Waals surface area contributed by atoms with Gasteiger partial charge in [0.25, 0.3) is 11.5 Å². The number of benzene rings is 2. The zero-order valence-electron chi connectivity index (χ0n) is 21.2. The Hall–Kier alpha value is -4.21. The molecule has 0 saturated carbocycles. The van der Waals surface area contributed by atoms with Gasteiger partial charge in [-0.25, -0.2) is 4.79 Å². The Morgan fingerprint density at radius 1 is 1.11 bits per heavy atom. The number of carbonyl (C=O) groups is 2. The molecule has 3 aromatic rings. The van der Waals surface area contributed by atoms with E-state index in [4.69, 9.17) is 9.47 Å². The summed E-state index contributed by atoms with van der Waals surface area (Å²) in [6.45, 7) is 4.31. The summed E-state index contributed by atoms with van der Waals surface area (Å²) in [6.07, 6.45) is 1.18. The highest BCUT2D eigenvalue weighted by Gasteiger charge is 2.32. The van der Waals surface area contributed by atoms with E-state index < -0.39 is 23.1 Å². The molecule has 37 heavy (non-hydrogen) atoms. The first-order valence-electron chi connectivity index (χ1n) is 12.2. The van der Waals surface area contributed by atoms with Crippen molar-refractivity contribution in [3.63, 3.8) is 0 Å². The molecule has 10 nitrogen and oxygen atoms in total. The van der Waals surface area contributed by atoms with Crippen LogP contribution in [0.25, 0.3) is 5.69 Å². The lowest BCUT2D eigenvalue weighted by atomic mass is 9.98. The van der Waals surface area contributed by atoms with Crippen LogP contribution in [-0.2, 0) is 16.1 Å². The topological polar surface area (TPSA) is 113 Å². The third-order valence-electron chi connectivity index (χ3n) is 6.34. The number of amides is 1. The summed E-state index contributed by atoms with van der Waals surface area (Å²) in [6, 6.07) is 14.0. The van der Waals surface area contributed by atoms with Crippen molar-refractivity contribution in [2.24, 2.45) is 5.92 Å². The molecule has 0 radical (unpaired) electrons. The van der Waals surface area contributed by atoms with Gasteiger partial charge in [0.05, 0.1) is 31.9 Å². The summed E-state index contributed by atoms with van der Waals surface area (Å²) in [7, 11) is 1.53. The lowest BCUT2D eigenvalue weighted by Gasteiger charge is -2.31. The number of hydrogen-bond donors (Lipinski definition) is 0. The van der Waals surface area contributed by atoms with Crippen LogP contribution in [0.4, 0.5) is 0 Å². The molecule has 1 saturated heterocycles. The van der Waals surface area contributed by atoms with Crippen molar-refractivity contribution in [3.8, 4) is 11.4 Å². The maximum absolute atomic E-state index is 13.6. The van der Waals surface area contributed by atoms with Gasteiger partial charge in [-0.1, -0.05) is 29.8 Å². The van der Waals surface area contributed by atoms with Crippen LogP contribution in [0, 0.1) is 12.8 Å². The average Bonchev–Trinajstić information content (AvgIpc) is 2.92. The minimum atomic E-state index is -0.792. The number of esters is 1. The fraction of sp³-hybridized carbons (Fsp3) is 0.370. The lowest BCUT2D eigenvalue weighted by molar-refractivity contribution is -0.149. The number of rotatable bonds is 7. The maximum atomic E-state index is 13.6. The summed E-state index contributed by atoms with van der Waals surface area (Å²) >= 11 is 0. The van der Waals surface area contributed by atoms with Crippen LogP contribution < -0.4 is 16.0 Å². The number of aromatic nitrogens is 3. The molecule has 1 aliphatic rings. The molecule has 4 rings (SSSR count). The van der Waals surface area contributed by atoms with Crippen molar-refractivity contribution < 1.29 is 19.1 Å². The first-order chi connectivity index (χ1) is 17.8. The van der Waals surface area contributed by atoms with Crippen LogP contribution in [-0.4, -0.2) is 57.9 Å². The summed E-state index contributed by atoms with van der Waals surface area (Å²) in [5.41, 5.74) is 0.213. The molecular weight excluding hydrogens is 476 g/mol. The Balaban J connectivity index is 1.78. The Morgan fingerprint density at radius 2 is 1.86 bits per heavy atom. The summed E-state index contributed by atoms with van der Waals surface area (Å²) in [5, 5.41) is 4.23. The molecule has 1 amide bonds. The van der Waals surface area contributed by atoms with Crippen LogP contribution in [0.2, 0.25) is 0 Å². The fourth-order valence-electron chi connectivity index (χ4n) is 4.36. The smallest absolute Gasteiger partial charge is 0.352 e. The molecule has 0 bridgehead atoms. The zero-order chi connectivity index (χ0) is 26.5.